The second kappa shape index (κ2) is 14.1. The van der Waals surface area contributed by atoms with Gasteiger partial charge in [-0.2, -0.15) is 0 Å². The van der Waals surface area contributed by atoms with Crippen molar-refractivity contribution in [2.45, 2.75) is 73.4 Å². The third kappa shape index (κ3) is 5.98. The van der Waals surface area contributed by atoms with E-state index < -0.39 is 5.97 Å². The first-order valence-electron chi connectivity index (χ1n) is 19.2. The Labute approximate surface area is 317 Å². The van der Waals surface area contributed by atoms with Crippen LogP contribution < -0.4 is 0 Å². The van der Waals surface area contributed by atoms with Gasteiger partial charge in [-0.05, 0) is 121 Å². The Kier molecular flexibility index (Phi) is 9.19. The Hall–Kier alpha value is -5.94. The summed E-state index contributed by atoms with van der Waals surface area (Å²) in [5, 5.41) is 9.48. The van der Waals surface area contributed by atoms with E-state index in [2.05, 4.69) is 177 Å². The summed E-state index contributed by atoms with van der Waals surface area (Å²) in [4.78, 5) is 17.6. The van der Waals surface area contributed by atoms with Gasteiger partial charge in [0, 0.05) is 75.5 Å². The predicted molar refractivity (Wildman–Crippen MR) is 227 cm³/mol. The van der Waals surface area contributed by atoms with Crippen molar-refractivity contribution in [1.29, 1.82) is 0 Å². The molecule has 5 heteroatoms. The fourth-order valence-corrected chi connectivity index (χ4v) is 8.58. The van der Waals surface area contributed by atoms with Crippen molar-refractivity contribution in [2.75, 3.05) is 0 Å². The van der Waals surface area contributed by atoms with Gasteiger partial charge in [0.15, 0.2) is 0 Å². The third-order valence-electron chi connectivity index (χ3n) is 11.5. The number of benzene rings is 6. The zero-order chi connectivity index (χ0) is 37.7. The topological polar surface area (TPSA) is 48.5 Å². The molecule has 2 heterocycles. The van der Waals surface area contributed by atoms with Crippen molar-refractivity contribution < 1.29 is 9.63 Å². The SMILES string of the molecule is CCn1c2ccc(-c3ccccc3C)cc2c2cc(C(C)C(=NOC(C)=O)C(C)c3ccc4c(c3)c3cc(-c5ccccc5C)ccc3n4CC)ccc21. The molecule has 0 fully saturated rings. The van der Waals surface area contributed by atoms with Gasteiger partial charge in [-0.1, -0.05) is 91.8 Å². The van der Waals surface area contributed by atoms with Crippen molar-refractivity contribution in [3.63, 3.8) is 0 Å². The summed E-state index contributed by atoms with van der Waals surface area (Å²) in [7, 11) is 0. The highest BCUT2D eigenvalue weighted by Gasteiger charge is 2.25. The summed E-state index contributed by atoms with van der Waals surface area (Å²) >= 11 is 0. The van der Waals surface area contributed by atoms with Crippen LogP contribution in [0.5, 0.6) is 0 Å². The molecule has 0 aliphatic carbocycles. The Morgan fingerprint density at radius 1 is 0.574 bits per heavy atom. The molecule has 6 aromatic carbocycles. The van der Waals surface area contributed by atoms with E-state index in [1.165, 1.54) is 83.9 Å². The van der Waals surface area contributed by atoms with Gasteiger partial charge in [-0.15, -0.1) is 0 Å². The number of hydrogen-bond donors (Lipinski definition) is 0. The van der Waals surface area contributed by atoms with Crippen LogP contribution in [0.4, 0.5) is 0 Å². The molecule has 0 spiro atoms. The number of aryl methyl sites for hydroxylation is 4. The van der Waals surface area contributed by atoms with Crippen LogP contribution in [0.3, 0.4) is 0 Å². The standard InChI is InChI=1S/C49H47N3O2/c1-8-51-45-22-18-35(26-41(45)43-28-37(20-24-47(43)51)39-16-12-10-14-30(39)3)32(5)49(50-54-34(7)53)33(6)36-19-23-46-42(27-36)44-29-38(21-25-48(44)52(46)9-2)40-17-13-11-15-31(40)4/h10-29,32-33H,8-9H2,1-7H3. The van der Waals surface area contributed by atoms with Crippen LogP contribution in [-0.4, -0.2) is 20.8 Å². The summed E-state index contributed by atoms with van der Waals surface area (Å²) in [6.07, 6.45) is 0. The molecule has 0 saturated carbocycles. The van der Waals surface area contributed by atoms with Gasteiger partial charge >= 0.3 is 5.97 Å². The number of oxime groups is 1. The molecule has 2 atom stereocenters. The lowest BCUT2D eigenvalue weighted by Crippen LogP contribution is -2.18. The maximum absolute atomic E-state index is 12.2. The number of fused-ring (bicyclic) bond motifs is 6. The van der Waals surface area contributed by atoms with Gasteiger partial charge in [-0.3, -0.25) is 0 Å². The maximum Gasteiger partial charge on any atom is 0.331 e. The first-order valence-corrected chi connectivity index (χ1v) is 19.2. The molecule has 0 N–H and O–H groups in total. The molecular weight excluding hydrogens is 663 g/mol. The Morgan fingerprint density at radius 2 is 0.963 bits per heavy atom. The molecule has 0 amide bonds. The zero-order valence-corrected chi connectivity index (χ0v) is 32.3. The number of carbonyl (C=O) groups excluding carboxylic acids is 1. The minimum atomic E-state index is -0.428. The number of aromatic nitrogens is 2. The number of nitrogens with zero attached hydrogens (tertiary/aromatic N) is 3. The second-order valence-corrected chi connectivity index (χ2v) is 14.7. The average Bonchev–Trinajstić information content (AvgIpc) is 3.68. The van der Waals surface area contributed by atoms with E-state index in [-0.39, 0.29) is 11.8 Å². The van der Waals surface area contributed by atoms with Gasteiger partial charge in [0.05, 0.1) is 5.71 Å². The third-order valence-corrected chi connectivity index (χ3v) is 11.5. The second-order valence-electron chi connectivity index (χ2n) is 14.7. The van der Waals surface area contributed by atoms with E-state index >= 15 is 0 Å². The molecule has 5 nitrogen and oxygen atoms in total. The highest BCUT2D eigenvalue weighted by molar-refractivity contribution is 6.11. The van der Waals surface area contributed by atoms with Gasteiger partial charge in [0.2, 0.25) is 0 Å². The largest absolute Gasteiger partial charge is 0.341 e. The van der Waals surface area contributed by atoms with Crippen molar-refractivity contribution in [3.8, 4) is 22.3 Å². The molecule has 2 aromatic heterocycles. The predicted octanol–water partition coefficient (Wildman–Crippen LogP) is 12.7. The highest BCUT2D eigenvalue weighted by Crippen LogP contribution is 2.39. The lowest BCUT2D eigenvalue weighted by molar-refractivity contribution is -0.141. The number of hydrogen-bond acceptors (Lipinski definition) is 3. The van der Waals surface area contributed by atoms with Crippen LogP contribution in [-0.2, 0) is 22.7 Å². The lowest BCUT2D eigenvalue weighted by atomic mass is 9.84. The van der Waals surface area contributed by atoms with Crippen molar-refractivity contribution in [3.05, 3.63) is 144 Å². The maximum atomic E-state index is 12.2. The van der Waals surface area contributed by atoms with Crippen LogP contribution in [0.15, 0.2) is 126 Å². The van der Waals surface area contributed by atoms with E-state index in [0.717, 1.165) is 29.9 Å². The molecular formula is C49H47N3O2. The first-order chi connectivity index (χ1) is 26.2. The molecule has 54 heavy (non-hydrogen) atoms. The summed E-state index contributed by atoms with van der Waals surface area (Å²) in [6.45, 7) is 16.2. The van der Waals surface area contributed by atoms with Crippen LogP contribution in [0.2, 0.25) is 0 Å². The molecule has 0 radical (unpaired) electrons. The van der Waals surface area contributed by atoms with Crippen molar-refractivity contribution in [1.82, 2.24) is 9.13 Å². The summed E-state index contributed by atoms with van der Waals surface area (Å²) in [5.41, 5.74) is 15.4. The monoisotopic (exact) mass is 709 g/mol. The quantitative estimate of drug-likeness (QED) is 0.0851. The molecule has 8 rings (SSSR count). The van der Waals surface area contributed by atoms with Gasteiger partial charge in [0.1, 0.15) is 0 Å². The normalized spacial score (nSPS) is 12.8. The van der Waals surface area contributed by atoms with E-state index in [9.17, 15) is 4.79 Å². The Balaban J connectivity index is 1.23. The number of rotatable bonds is 9. The summed E-state index contributed by atoms with van der Waals surface area (Å²) < 4.78 is 4.79. The first kappa shape index (κ1) is 35.1. The molecule has 8 aromatic rings. The molecule has 0 bridgehead atoms. The van der Waals surface area contributed by atoms with Gasteiger partial charge < -0.3 is 14.0 Å². The van der Waals surface area contributed by atoms with Crippen molar-refractivity contribution >= 4 is 55.3 Å². The van der Waals surface area contributed by atoms with Crippen LogP contribution in [0.1, 0.15) is 68.7 Å². The average molecular weight is 710 g/mol. The fraction of sp³-hybridized carbons (Fsp3) is 0.224. The lowest BCUT2D eigenvalue weighted by Gasteiger charge is -2.21. The molecule has 0 aliphatic rings. The fourth-order valence-electron chi connectivity index (χ4n) is 8.58. The summed E-state index contributed by atoms with van der Waals surface area (Å²) in [6, 6.07) is 44.3. The molecule has 0 aliphatic heterocycles. The minimum absolute atomic E-state index is 0.122. The minimum Gasteiger partial charge on any atom is -0.341 e. The smallest absolute Gasteiger partial charge is 0.331 e. The zero-order valence-electron chi connectivity index (χ0n) is 32.3. The van der Waals surface area contributed by atoms with Gasteiger partial charge in [0.25, 0.3) is 0 Å². The van der Waals surface area contributed by atoms with Crippen LogP contribution >= 0.6 is 0 Å². The van der Waals surface area contributed by atoms with Gasteiger partial charge in [-0.25, -0.2) is 4.79 Å². The Bertz CT molecular complexity index is 2580. The van der Waals surface area contributed by atoms with Crippen molar-refractivity contribution in [2.24, 2.45) is 5.16 Å². The van der Waals surface area contributed by atoms with Crippen LogP contribution in [0.25, 0.3) is 65.9 Å². The summed E-state index contributed by atoms with van der Waals surface area (Å²) in [5.74, 6) is -0.672. The Morgan fingerprint density at radius 3 is 1.35 bits per heavy atom. The van der Waals surface area contributed by atoms with Crippen LogP contribution in [0, 0.1) is 13.8 Å². The highest BCUT2D eigenvalue weighted by atomic mass is 16.7. The van der Waals surface area contributed by atoms with E-state index in [1.807, 2.05) is 0 Å². The van der Waals surface area contributed by atoms with E-state index in [4.69, 9.17) is 4.84 Å². The molecule has 270 valence electrons. The molecule has 2 unspecified atom stereocenters. The molecule has 0 saturated heterocycles. The number of carbonyl (C=O) groups is 1. The van der Waals surface area contributed by atoms with E-state index in [0.29, 0.717) is 0 Å². The van der Waals surface area contributed by atoms with E-state index in [1.54, 1.807) is 0 Å².